The lowest BCUT2D eigenvalue weighted by Crippen LogP contribution is -2.00. The first kappa shape index (κ1) is 13.2. The number of hydrogen-bond acceptors (Lipinski definition) is 1. The molecule has 0 aliphatic carbocycles. The fraction of sp³-hybridized carbons (Fsp3) is 0.667. The first-order valence-corrected chi connectivity index (χ1v) is 6.52. The van der Waals surface area contributed by atoms with Gasteiger partial charge in [-0.15, -0.1) is 0 Å². The van der Waals surface area contributed by atoms with Crippen LogP contribution in [0.4, 0.5) is 0 Å². The third-order valence-electron chi connectivity index (χ3n) is 2.82. The van der Waals surface area contributed by atoms with Crippen LogP contribution < -0.4 is 0 Å². The second kappa shape index (κ2) is 6.67. The molecule has 0 fully saturated rings. The van der Waals surface area contributed by atoms with E-state index in [-0.39, 0.29) is 0 Å². The summed E-state index contributed by atoms with van der Waals surface area (Å²) in [6.45, 7) is 9.07. The molecule has 0 aliphatic heterocycles. The van der Waals surface area contributed by atoms with E-state index in [9.17, 15) is 0 Å². The molecule has 0 aromatic carbocycles. The van der Waals surface area contributed by atoms with Gasteiger partial charge >= 0.3 is 0 Å². The minimum absolute atomic E-state index is 0.765. The molecule has 0 atom stereocenters. The Hall–Kier alpha value is -0.850. The average molecular weight is 219 g/mol. The fourth-order valence-electron chi connectivity index (χ4n) is 1.68. The smallest absolute Gasteiger partial charge is 0.0407 e. The van der Waals surface area contributed by atoms with Crippen LogP contribution in [0.5, 0.6) is 0 Å². The van der Waals surface area contributed by atoms with Gasteiger partial charge in [0.2, 0.25) is 0 Å². The van der Waals surface area contributed by atoms with Gasteiger partial charge in [0.05, 0.1) is 0 Å². The number of nitrogens with zero attached hydrogens (tertiary/aromatic N) is 1. The van der Waals surface area contributed by atoms with Crippen molar-refractivity contribution in [3.05, 3.63) is 29.6 Å². The van der Waals surface area contributed by atoms with Crippen LogP contribution in [0.3, 0.4) is 0 Å². The molecule has 0 saturated heterocycles. The van der Waals surface area contributed by atoms with E-state index in [1.165, 1.54) is 24.2 Å². The van der Waals surface area contributed by atoms with Crippen molar-refractivity contribution < 1.29 is 0 Å². The Morgan fingerprint density at radius 3 is 1.69 bits per heavy atom. The van der Waals surface area contributed by atoms with Crippen LogP contribution in [0.2, 0.25) is 0 Å². The minimum atomic E-state index is 0.765. The summed E-state index contributed by atoms with van der Waals surface area (Å²) in [6.07, 6.45) is 4.71. The molecule has 0 amide bonds. The summed E-state index contributed by atoms with van der Waals surface area (Å²) in [6, 6.07) is 6.46. The van der Waals surface area contributed by atoms with Crippen LogP contribution in [0, 0.1) is 11.8 Å². The molecule has 0 spiro atoms. The monoisotopic (exact) mass is 219 g/mol. The van der Waals surface area contributed by atoms with Crippen molar-refractivity contribution in [2.75, 3.05) is 0 Å². The number of pyridine rings is 1. The summed E-state index contributed by atoms with van der Waals surface area (Å²) < 4.78 is 0. The lowest BCUT2D eigenvalue weighted by molar-refractivity contribution is 0.570. The SMILES string of the molecule is CC(C)CCc1cccc(CCC(C)C)n1. The Kier molecular flexibility index (Phi) is 5.51. The number of aromatic nitrogens is 1. The summed E-state index contributed by atoms with van der Waals surface area (Å²) in [5.74, 6) is 1.53. The van der Waals surface area contributed by atoms with Gasteiger partial charge in [0, 0.05) is 11.4 Å². The molecule has 0 N–H and O–H groups in total. The van der Waals surface area contributed by atoms with Crippen molar-refractivity contribution in [1.29, 1.82) is 0 Å². The predicted molar refractivity (Wildman–Crippen MR) is 70.6 cm³/mol. The first-order chi connectivity index (χ1) is 7.58. The van der Waals surface area contributed by atoms with Gasteiger partial charge in [-0.25, -0.2) is 0 Å². The van der Waals surface area contributed by atoms with Crippen molar-refractivity contribution >= 4 is 0 Å². The molecule has 16 heavy (non-hydrogen) atoms. The second-order valence-corrected chi connectivity index (χ2v) is 5.49. The van der Waals surface area contributed by atoms with Gasteiger partial charge in [-0.3, -0.25) is 4.98 Å². The maximum Gasteiger partial charge on any atom is 0.0407 e. The molecule has 1 nitrogen and oxygen atoms in total. The molecule has 0 saturated carbocycles. The summed E-state index contributed by atoms with van der Waals surface area (Å²) in [4.78, 5) is 4.72. The van der Waals surface area contributed by atoms with Crippen molar-refractivity contribution in [3.63, 3.8) is 0 Å². The normalized spacial score (nSPS) is 11.4. The largest absolute Gasteiger partial charge is 0.258 e. The maximum atomic E-state index is 4.72. The summed E-state index contributed by atoms with van der Waals surface area (Å²) in [7, 11) is 0. The lowest BCUT2D eigenvalue weighted by atomic mass is 10.0. The van der Waals surface area contributed by atoms with Crippen LogP contribution in [0.1, 0.15) is 51.9 Å². The van der Waals surface area contributed by atoms with Crippen molar-refractivity contribution in [2.24, 2.45) is 11.8 Å². The van der Waals surface area contributed by atoms with Gasteiger partial charge in [-0.1, -0.05) is 33.8 Å². The highest BCUT2D eigenvalue weighted by Gasteiger charge is 2.01. The Bertz CT molecular complexity index is 275. The molecule has 0 radical (unpaired) electrons. The van der Waals surface area contributed by atoms with E-state index in [1.54, 1.807) is 0 Å². The molecule has 1 heterocycles. The molecular formula is C15H25N. The van der Waals surface area contributed by atoms with Gasteiger partial charge < -0.3 is 0 Å². The Morgan fingerprint density at radius 2 is 1.31 bits per heavy atom. The van der Waals surface area contributed by atoms with Crippen molar-refractivity contribution in [1.82, 2.24) is 4.98 Å². The van der Waals surface area contributed by atoms with Crippen LogP contribution >= 0.6 is 0 Å². The Balaban J connectivity index is 2.50. The lowest BCUT2D eigenvalue weighted by Gasteiger charge is -2.07. The molecule has 0 aliphatic rings. The van der Waals surface area contributed by atoms with Crippen LogP contribution in [0.25, 0.3) is 0 Å². The third-order valence-corrected chi connectivity index (χ3v) is 2.82. The van der Waals surface area contributed by atoms with E-state index in [1.807, 2.05) is 0 Å². The summed E-state index contributed by atoms with van der Waals surface area (Å²) in [5, 5.41) is 0. The average Bonchev–Trinajstić information content (AvgIpc) is 2.24. The van der Waals surface area contributed by atoms with Crippen LogP contribution in [-0.2, 0) is 12.8 Å². The van der Waals surface area contributed by atoms with E-state index >= 15 is 0 Å². The first-order valence-electron chi connectivity index (χ1n) is 6.52. The van der Waals surface area contributed by atoms with Gasteiger partial charge in [-0.05, 0) is 49.7 Å². The van der Waals surface area contributed by atoms with Gasteiger partial charge in [0.1, 0.15) is 0 Å². The topological polar surface area (TPSA) is 12.9 Å². The van der Waals surface area contributed by atoms with E-state index in [2.05, 4.69) is 45.9 Å². The fourth-order valence-corrected chi connectivity index (χ4v) is 1.68. The van der Waals surface area contributed by atoms with E-state index < -0.39 is 0 Å². The van der Waals surface area contributed by atoms with Crippen LogP contribution in [0.15, 0.2) is 18.2 Å². The van der Waals surface area contributed by atoms with Gasteiger partial charge in [-0.2, -0.15) is 0 Å². The van der Waals surface area contributed by atoms with Crippen molar-refractivity contribution in [2.45, 2.75) is 53.4 Å². The van der Waals surface area contributed by atoms with E-state index in [0.29, 0.717) is 0 Å². The molecule has 0 unspecified atom stereocenters. The molecule has 1 rings (SSSR count). The van der Waals surface area contributed by atoms with Crippen molar-refractivity contribution in [3.8, 4) is 0 Å². The Labute approximate surface area is 100 Å². The van der Waals surface area contributed by atoms with E-state index in [0.717, 1.165) is 24.7 Å². The standard InChI is InChI=1S/C15H25N/c1-12(2)8-10-14-6-5-7-15(16-14)11-9-13(3)4/h5-7,12-13H,8-11H2,1-4H3. The number of rotatable bonds is 6. The summed E-state index contributed by atoms with van der Waals surface area (Å²) >= 11 is 0. The maximum absolute atomic E-state index is 4.72. The molecule has 0 bridgehead atoms. The number of hydrogen-bond donors (Lipinski definition) is 0. The second-order valence-electron chi connectivity index (χ2n) is 5.49. The highest BCUT2D eigenvalue weighted by molar-refractivity contribution is 5.11. The summed E-state index contributed by atoms with van der Waals surface area (Å²) in [5.41, 5.74) is 2.52. The zero-order chi connectivity index (χ0) is 12.0. The quantitative estimate of drug-likeness (QED) is 0.696. The van der Waals surface area contributed by atoms with E-state index in [4.69, 9.17) is 4.98 Å². The minimum Gasteiger partial charge on any atom is -0.258 e. The third kappa shape index (κ3) is 5.29. The highest BCUT2D eigenvalue weighted by Crippen LogP contribution is 2.10. The van der Waals surface area contributed by atoms with Gasteiger partial charge in [0.15, 0.2) is 0 Å². The highest BCUT2D eigenvalue weighted by atomic mass is 14.7. The molecule has 90 valence electrons. The van der Waals surface area contributed by atoms with Gasteiger partial charge in [0.25, 0.3) is 0 Å². The predicted octanol–water partition coefficient (Wildman–Crippen LogP) is 4.26. The van der Waals surface area contributed by atoms with Crippen LogP contribution in [-0.4, -0.2) is 4.98 Å². The molecule has 1 heteroatoms. The zero-order valence-electron chi connectivity index (χ0n) is 11.2. The number of aryl methyl sites for hydroxylation is 2. The Morgan fingerprint density at radius 1 is 0.875 bits per heavy atom. The zero-order valence-corrected chi connectivity index (χ0v) is 11.2. The molecule has 1 aromatic rings. The molecule has 1 aromatic heterocycles. The molecular weight excluding hydrogens is 194 g/mol.